The predicted octanol–water partition coefficient (Wildman–Crippen LogP) is 4.66. The van der Waals surface area contributed by atoms with Gasteiger partial charge in [-0.1, -0.05) is 12.1 Å². The largest absolute Gasteiger partial charge is 0.352 e. The molecule has 1 aromatic carbocycles. The second-order valence-electron chi connectivity index (χ2n) is 8.25. The summed E-state index contributed by atoms with van der Waals surface area (Å²) < 4.78 is 13.3. The van der Waals surface area contributed by atoms with Crippen molar-refractivity contribution in [1.82, 2.24) is 15.2 Å². The molecule has 0 bridgehead atoms. The number of halogens is 1. The summed E-state index contributed by atoms with van der Waals surface area (Å²) in [6.45, 7) is 2.52. The van der Waals surface area contributed by atoms with Gasteiger partial charge < -0.3 is 10.2 Å². The smallest absolute Gasteiger partial charge is 0.253 e. The minimum Gasteiger partial charge on any atom is -0.352 e. The highest BCUT2D eigenvalue weighted by Gasteiger charge is 2.30. The summed E-state index contributed by atoms with van der Waals surface area (Å²) in [7, 11) is 4.18. The van der Waals surface area contributed by atoms with E-state index in [-0.39, 0.29) is 11.7 Å². The molecule has 1 N–H and O–H groups in total. The molecule has 0 aliphatic heterocycles. The van der Waals surface area contributed by atoms with Gasteiger partial charge in [0.1, 0.15) is 5.82 Å². The SMILES string of the molecule is Cc1nc(S)ccc1C(=O)NCC1CCC(C(c2ccc(F)cc2)N(C)C)CC1. The van der Waals surface area contributed by atoms with Crippen LogP contribution < -0.4 is 5.32 Å². The van der Waals surface area contributed by atoms with Gasteiger partial charge in [0.2, 0.25) is 0 Å². The van der Waals surface area contributed by atoms with Crippen LogP contribution in [0.5, 0.6) is 0 Å². The minimum atomic E-state index is -0.194. The third-order valence-electron chi connectivity index (χ3n) is 5.97. The normalized spacial score (nSPS) is 20.5. The van der Waals surface area contributed by atoms with E-state index in [1.54, 1.807) is 24.3 Å². The number of nitrogens with zero attached hydrogens (tertiary/aromatic N) is 2. The average molecular weight is 416 g/mol. The highest BCUT2D eigenvalue weighted by atomic mass is 32.1. The molecular formula is C23H30FN3OS. The Balaban J connectivity index is 1.54. The third-order valence-corrected chi connectivity index (χ3v) is 6.22. The van der Waals surface area contributed by atoms with Gasteiger partial charge in [0.15, 0.2) is 0 Å². The Kier molecular flexibility index (Phi) is 7.30. The van der Waals surface area contributed by atoms with Crippen LogP contribution >= 0.6 is 12.6 Å². The number of thiol groups is 1. The standard InChI is InChI=1S/C23H30FN3OS/c1-15-20(12-13-21(29)26-15)23(28)25-14-16-4-6-17(7-5-16)22(27(2)3)18-8-10-19(24)11-9-18/h8-13,16-17,22H,4-7,14H2,1-3H3,(H,25,28)(H,26,29). The van der Waals surface area contributed by atoms with E-state index in [9.17, 15) is 9.18 Å². The maximum atomic E-state index is 13.3. The number of nitrogens with one attached hydrogen (secondary N) is 1. The predicted molar refractivity (Wildman–Crippen MR) is 117 cm³/mol. The molecule has 1 unspecified atom stereocenters. The Labute approximate surface area is 178 Å². The van der Waals surface area contributed by atoms with E-state index in [0.717, 1.165) is 25.7 Å². The van der Waals surface area contributed by atoms with Crippen molar-refractivity contribution in [3.8, 4) is 0 Å². The van der Waals surface area contributed by atoms with Crippen LogP contribution in [0.3, 0.4) is 0 Å². The van der Waals surface area contributed by atoms with Crippen LogP contribution in [-0.4, -0.2) is 36.4 Å². The van der Waals surface area contributed by atoms with Gasteiger partial charge in [-0.2, -0.15) is 0 Å². The third kappa shape index (κ3) is 5.58. The first-order valence-corrected chi connectivity index (χ1v) is 10.7. The Morgan fingerprint density at radius 1 is 1.17 bits per heavy atom. The van der Waals surface area contributed by atoms with Crippen molar-refractivity contribution in [3.05, 3.63) is 59.0 Å². The topological polar surface area (TPSA) is 45.2 Å². The van der Waals surface area contributed by atoms with Crippen LogP contribution in [0.15, 0.2) is 41.4 Å². The lowest BCUT2D eigenvalue weighted by atomic mass is 9.76. The number of rotatable bonds is 6. The molecule has 1 amide bonds. The Hall–Kier alpha value is -1.92. The molecule has 0 spiro atoms. The molecule has 1 aliphatic carbocycles. The first-order chi connectivity index (χ1) is 13.8. The van der Waals surface area contributed by atoms with E-state index in [4.69, 9.17) is 0 Å². The lowest BCUT2D eigenvalue weighted by molar-refractivity contribution is 0.0933. The van der Waals surface area contributed by atoms with E-state index < -0.39 is 0 Å². The first-order valence-electron chi connectivity index (χ1n) is 10.2. The lowest BCUT2D eigenvalue weighted by Gasteiger charge is -2.37. The molecule has 0 radical (unpaired) electrons. The van der Waals surface area contributed by atoms with Crippen molar-refractivity contribution >= 4 is 18.5 Å². The van der Waals surface area contributed by atoms with Gasteiger partial charge >= 0.3 is 0 Å². The molecule has 2 aromatic rings. The summed E-state index contributed by atoms with van der Waals surface area (Å²) in [6.07, 6.45) is 4.39. The molecule has 1 heterocycles. The number of hydrogen-bond donors (Lipinski definition) is 2. The average Bonchev–Trinajstić information content (AvgIpc) is 2.68. The number of pyridine rings is 1. The lowest BCUT2D eigenvalue weighted by Crippen LogP contribution is -2.34. The number of benzene rings is 1. The van der Waals surface area contributed by atoms with Crippen LogP contribution in [0.1, 0.15) is 53.3 Å². The summed E-state index contributed by atoms with van der Waals surface area (Å²) >= 11 is 4.21. The summed E-state index contributed by atoms with van der Waals surface area (Å²) in [4.78, 5) is 19.0. The fourth-order valence-corrected chi connectivity index (χ4v) is 4.70. The number of aryl methyl sites for hydroxylation is 1. The molecule has 1 aromatic heterocycles. The Morgan fingerprint density at radius 2 is 1.83 bits per heavy atom. The number of carbonyl (C=O) groups is 1. The Bertz CT molecular complexity index is 833. The molecular weight excluding hydrogens is 385 g/mol. The van der Waals surface area contributed by atoms with E-state index in [0.29, 0.717) is 40.7 Å². The fraction of sp³-hybridized carbons (Fsp3) is 0.478. The van der Waals surface area contributed by atoms with Crippen molar-refractivity contribution in [2.75, 3.05) is 20.6 Å². The van der Waals surface area contributed by atoms with E-state index >= 15 is 0 Å². The molecule has 1 fully saturated rings. The van der Waals surface area contributed by atoms with Crippen LogP contribution in [0.2, 0.25) is 0 Å². The Morgan fingerprint density at radius 3 is 2.41 bits per heavy atom. The first kappa shape index (κ1) is 21.8. The zero-order valence-electron chi connectivity index (χ0n) is 17.4. The maximum absolute atomic E-state index is 13.3. The quantitative estimate of drug-likeness (QED) is 0.675. The van der Waals surface area contributed by atoms with Crippen LogP contribution in [-0.2, 0) is 0 Å². The van der Waals surface area contributed by atoms with Crippen molar-refractivity contribution in [2.45, 2.75) is 43.7 Å². The molecule has 29 heavy (non-hydrogen) atoms. The minimum absolute atomic E-state index is 0.0667. The molecule has 1 saturated carbocycles. The summed E-state index contributed by atoms with van der Waals surface area (Å²) in [6, 6.07) is 10.7. The maximum Gasteiger partial charge on any atom is 0.253 e. The van der Waals surface area contributed by atoms with Crippen LogP contribution in [0.25, 0.3) is 0 Å². The zero-order valence-corrected chi connectivity index (χ0v) is 18.3. The number of carbonyl (C=O) groups excluding carboxylic acids is 1. The monoisotopic (exact) mass is 415 g/mol. The van der Waals surface area contributed by atoms with Gasteiger partial charge in [-0.15, -0.1) is 12.6 Å². The molecule has 3 rings (SSSR count). The summed E-state index contributed by atoms with van der Waals surface area (Å²) in [5, 5.41) is 3.70. The second-order valence-corrected chi connectivity index (χ2v) is 8.71. The van der Waals surface area contributed by atoms with Gasteiger partial charge in [-0.25, -0.2) is 9.37 Å². The van der Waals surface area contributed by atoms with Gasteiger partial charge in [0.05, 0.1) is 16.3 Å². The van der Waals surface area contributed by atoms with E-state index in [1.165, 1.54) is 5.56 Å². The summed E-state index contributed by atoms with van der Waals surface area (Å²) in [5.41, 5.74) is 2.48. The van der Waals surface area contributed by atoms with Gasteiger partial charge in [-0.3, -0.25) is 4.79 Å². The van der Waals surface area contributed by atoms with Gasteiger partial charge in [-0.05, 0) is 88.4 Å². The van der Waals surface area contributed by atoms with E-state index in [1.807, 2.05) is 19.1 Å². The van der Waals surface area contributed by atoms with Crippen molar-refractivity contribution in [1.29, 1.82) is 0 Å². The zero-order chi connectivity index (χ0) is 21.0. The number of amides is 1. The number of aromatic nitrogens is 1. The van der Waals surface area contributed by atoms with Crippen molar-refractivity contribution < 1.29 is 9.18 Å². The van der Waals surface area contributed by atoms with Crippen molar-refractivity contribution in [2.24, 2.45) is 11.8 Å². The molecule has 6 heteroatoms. The fourth-order valence-electron chi connectivity index (χ4n) is 4.48. The summed E-state index contributed by atoms with van der Waals surface area (Å²) in [5.74, 6) is 0.767. The molecule has 156 valence electrons. The highest BCUT2D eigenvalue weighted by molar-refractivity contribution is 7.80. The van der Waals surface area contributed by atoms with Gasteiger partial charge in [0.25, 0.3) is 5.91 Å². The van der Waals surface area contributed by atoms with E-state index in [2.05, 4.69) is 41.9 Å². The molecule has 4 nitrogen and oxygen atoms in total. The van der Waals surface area contributed by atoms with Crippen LogP contribution in [0, 0.1) is 24.6 Å². The second kappa shape index (κ2) is 9.72. The molecule has 0 saturated heterocycles. The number of hydrogen-bond acceptors (Lipinski definition) is 4. The molecule has 1 aliphatic rings. The van der Waals surface area contributed by atoms with Crippen molar-refractivity contribution in [3.63, 3.8) is 0 Å². The van der Waals surface area contributed by atoms with Gasteiger partial charge in [0, 0.05) is 12.6 Å². The highest BCUT2D eigenvalue weighted by Crippen LogP contribution is 2.39. The van der Waals surface area contributed by atoms with Crippen LogP contribution in [0.4, 0.5) is 4.39 Å². The molecule has 1 atom stereocenters.